The lowest BCUT2D eigenvalue weighted by Crippen LogP contribution is -2.11. The summed E-state index contributed by atoms with van der Waals surface area (Å²) in [6, 6.07) is 31.3. The molecule has 0 saturated heterocycles. The highest BCUT2D eigenvalue weighted by Gasteiger charge is 2.20. The van der Waals surface area contributed by atoms with Crippen molar-refractivity contribution in [1.82, 2.24) is 4.57 Å². The average Bonchev–Trinajstić information content (AvgIpc) is 3.57. The molecule has 0 saturated carbocycles. The number of carbonyl (C=O) groups excluding carboxylic acids is 1. The van der Waals surface area contributed by atoms with E-state index in [1.807, 2.05) is 66.7 Å². The van der Waals surface area contributed by atoms with Crippen molar-refractivity contribution in [3.05, 3.63) is 126 Å². The van der Waals surface area contributed by atoms with Gasteiger partial charge >= 0.3 is 0 Å². The van der Waals surface area contributed by atoms with Crippen molar-refractivity contribution in [3.8, 4) is 11.3 Å². The number of amides is 1. The van der Waals surface area contributed by atoms with E-state index in [9.17, 15) is 13.2 Å². The number of rotatable bonds is 7. The number of hydrogen-bond donors (Lipinski definition) is 1. The van der Waals surface area contributed by atoms with E-state index in [0.717, 1.165) is 44.3 Å². The molecule has 6 aromatic rings. The van der Waals surface area contributed by atoms with Gasteiger partial charge in [0.15, 0.2) is 9.84 Å². The number of hydrogen-bond acceptors (Lipinski definition) is 4. The first-order valence-electron chi connectivity index (χ1n) is 12.2. The third kappa shape index (κ3) is 4.17. The van der Waals surface area contributed by atoms with Crippen LogP contribution < -0.4 is 5.73 Å². The summed E-state index contributed by atoms with van der Waals surface area (Å²) in [5.74, 6) is 0.112. The molecule has 0 radical (unpaired) electrons. The molecule has 7 heteroatoms. The summed E-state index contributed by atoms with van der Waals surface area (Å²) in [5, 5.41) is 1.66. The van der Waals surface area contributed by atoms with E-state index in [1.54, 1.807) is 42.7 Å². The van der Waals surface area contributed by atoms with Crippen molar-refractivity contribution < 1.29 is 17.6 Å². The van der Waals surface area contributed by atoms with Gasteiger partial charge in [-0.3, -0.25) is 4.79 Å². The summed E-state index contributed by atoms with van der Waals surface area (Å²) in [6.45, 7) is 0.407. The first-order valence-corrected chi connectivity index (χ1v) is 13.8. The van der Waals surface area contributed by atoms with Gasteiger partial charge in [-0.1, -0.05) is 60.7 Å². The Labute approximate surface area is 219 Å². The van der Waals surface area contributed by atoms with E-state index in [4.69, 9.17) is 10.2 Å². The molecule has 0 spiro atoms. The van der Waals surface area contributed by atoms with Crippen molar-refractivity contribution in [1.29, 1.82) is 0 Å². The lowest BCUT2D eigenvalue weighted by Gasteiger charge is -2.14. The number of primary amides is 1. The van der Waals surface area contributed by atoms with Gasteiger partial charge in [0, 0.05) is 28.4 Å². The number of nitrogens with zero attached hydrogens (tertiary/aromatic N) is 1. The van der Waals surface area contributed by atoms with Gasteiger partial charge in [-0.2, -0.15) is 0 Å². The van der Waals surface area contributed by atoms with Crippen LogP contribution in [0.15, 0.2) is 119 Å². The molecule has 6 rings (SSSR count). The van der Waals surface area contributed by atoms with Crippen molar-refractivity contribution in [2.45, 2.75) is 17.2 Å². The van der Waals surface area contributed by atoms with E-state index in [2.05, 4.69) is 4.57 Å². The van der Waals surface area contributed by atoms with Gasteiger partial charge in [0.1, 0.15) is 5.76 Å². The Morgan fingerprint density at radius 2 is 1.55 bits per heavy atom. The third-order valence-corrected chi connectivity index (χ3v) is 8.54. The zero-order chi connectivity index (χ0) is 26.3. The quantitative estimate of drug-likeness (QED) is 0.272. The molecule has 0 atom stereocenters. The minimum atomic E-state index is -3.54. The highest BCUT2D eigenvalue weighted by atomic mass is 32.2. The fourth-order valence-corrected chi connectivity index (χ4v) is 6.48. The van der Waals surface area contributed by atoms with Gasteiger partial charge in [-0.15, -0.1) is 0 Å². The molecule has 38 heavy (non-hydrogen) atoms. The maximum atomic E-state index is 13.2. The van der Waals surface area contributed by atoms with Gasteiger partial charge in [-0.05, 0) is 53.6 Å². The number of fused-ring (bicyclic) bond motifs is 3. The average molecular weight is 521 g/mol. The molecule has 0 unspecified atom stereocenters. The monoisotopic (exact) mass is 520 g/mol. The minimum absolute atomic E-state index is 0.117. The van der Waals surface area contributed by atoms with Crippen LogP contribution in [0.3, 0.4) is 0 Å². The van der Waals surface area contributed by atoms with Crippen LogP contribution in [0.1, 0.15) is 21.5 Å². The van der Waals surface area contributed by atoms with Crippen molar-refractivity contribution in [3.63, 3.8) is 0 Å². The Bertz CT molecular complexity index is 1900. The molecule has 2 heterocycles. The van der Waals surface area contributed by atoms with Crippen molar-refractivity contribution >= 4 is 37.6 Å². The maximum Gasteiger partial charge on any atom is 0.249 e. The molecule has 0 aliphatic rings. The Morgan fingerprint density at radius 3 is 2.29 bits per heavy atom. The van der Waals surface area contributed by atoms with E-state index in [-0.39, 0.29) is 5.75 Å². The Hall–Kier alpha value is -4.62. The van der Waals surface area contributed by atoms with Gasteiger partial charge in [-0.25, -0.2) is 8.42 Å². The summed E-state index contributed by atoms with van der Waals surface area (Å²) >= 11 is 0. The zero-order valence-electron chi connectivity index (χ0n) is 20.4. The Kier molecular flexibility index (Phi) is 5.85. The second kappa shape index (κ2) is 9.36. The normalized spacial score (nSPS) is 11.8. The molecule has 2 N–H and O–H groups in total. The molecule has 0 bridgehead atoms. The van der Waals surface area contributed by atoms with Gasteiger partial charge < -0.3 is 14.7 Å². The van der Waals surface area contributed by atoms with E-state index in [1.165, 1.54) is 0 Å². The molecule has 1 amide bonds. The van der Waals surface area contributed by atoms with Crippen LogP contribution in [-0.4, -0.2) is 18.9 Å². The molecule has 188 valence electrons. The molecule has 0 aliphatic carbocycles. The SMILES string of the molecule is NC(=O)c1cccc2c1c1ccc(-c3ccco3)cc1n2Cc1ccccc1CS(=O)(=O)c1ccccc1. The van der Waals surface area contributed by atoms with Crippen molar-refractivity contribution in [2.75, 3.05) is 0 Å². The van der Waals surface area contributed by atoms with Crippen LogP contribution in [-0.2, 0) is 22.1 Å². The molecular formula is C31H24N2O4S. The number of aromatic nitrogens is 1. The third-order valence-electron chi connectivity index (χ3n) is 6.86. The molecule has 2 aromatic heterocycles. The standard InChI is InChI=1S/C31H24N2O4S/c32-31(34)26-12-6-13-27-30(26)25-16-15-21(29-14-7-17-37-29)18-28(25)33(27)19-22-8-4-5-9-23(22)20-38(35,36)24-10-2-1-3-11-24/h1-18H,19-20H2,(H2,32,34). The number of carbonyl (C=O) groups is 1. The lowest BCUT2D eigenvalue weighted by atomic mass is 10.0. The summed E-state index contributed by atoms with van der Waals surface area (Å²) in [5.41, 5.74) is 10.4. The van der Waals surface area contributed by atoms with Crippen molar-refractivity contribution in [2.24, 2.45) is 5.73 Å². The Morgan fingerprint density at radius 1 is 0.789 bits per heavy atom. The summed E-state index contributed by atoms with van der Waals surface area (Å²) in [6.07, 6.45) is 1.63. The van der Waals surface area contributed by atoms with Crippen LogP contribution >= 0.6 is 0 Å². The molecule has 0 fully saturated rings. The maximum absolute atomic E-state index is 13.2. The van der Waals surface area contributed by atoms with Crippen LogP contribution in [0.2, 0.25) is 0 Å². The minimum Gasteiger partial charge on any atom is -0.464 e. The highest BCUT2D eigenvalue weighted by Crippen LogP contribution is 2.35. The summed E-state index contributed by atoms with van der Waals surface area (Å²) in [7, 11) is -3.54. The second-order valence-electron chi connectivity index (χ2n) is 9.20. The first kappa shape index (κ1) is 23.8. The molecule has 4 aromatic carbocycles. The molecular weight excluding hydrogens is 496 g/mol. The summed E-state index contributed by atoms with van der Waals surface area (Å²) in [4.78, 5) is 12.6. The summed E-state index contributed by atoms with van der Waals surface area (Å²) < 4.78 is 34.2. The topological polar surface area (TPSA) is 95.3 Å². The van der Waals surface area contributed by atoms with Crippen LogP contribution in [0.25, 0.3) is 33.1 Å². The zero-order valence-corrected chi connectivity index (χ0v) is 21.2. The smallest absolute Gasteiger partial charge is 0.249 e. The van der Waals surface area contributed by atoms with Crippen LogP contribution in [0.4, 0.5) is 0 Å². The second-order valence-corrected chi connectivity index (χ2v) is 11.2. The predicted octanol–water partition coefficient (Wildman–Crippen LogP) is 6.18. The molecule has 0 aliphatic heterocycles. The number of nitrogens with two attached hydrogens (primary N) is 1. The number of benzene rings is 4. The van der Waals surface area contributed by atoms with E-state index < -0.39 is 15.7 Å². The predicted molar refractivity (Wildman–Crippen MR) is 149 cm³/mol. The van der Waals surface area contributed by atoms with Gasteiger partial charge in [0.05, 0.1) is 27.9 Å². The number of furan rings is 1. The fourth-order valence-electron chi connectivity index (χ4n) is 5.05. The van der Waals surface area contributed by atoms with Crippen LogP contribution in [0.5, 0.6) is 0 Å². The van der Waals surface area contributed by atoms with Crippen LogP contribution in [0, 0.1) is 0 Å². The Balaban J connectivity index is 1.52. The van der Waals surface area contributed by atoms with E-state index in [0.29, 0.717) is 17.0 Å². The molecule has 6 nitrogen and oxygen atoms in total. The van der Waals surface area contributed by atoms with Gasteiger partial charge in [0.25, 0.3) is 0 Å². The fraction of sp³-hybridized carbons (Fsp3) is 0.0645. The largest absolute Gasteiger partial charge is 0.464 e. The highest BCUT2D eigenvalue weighted by molar-refractivity contribution is 7.90. The number of sulfone groups is 1. The first-order chi connectivity index (χ1) is 18.4. The van der Waals surface area contributed by atoms with E-state index >= 15 is 0 Å². The lowest BCUT2D eigenvalue weighted by molar-refractivity contribution is 0.100. The van der Waals surface area contributed by atoms with Gasteiger partial charge in [0.2, 0.25) is 5.91 Å².